The third kappa shape index (κ3) is 3.44. The summed E-state index contributed by atoms with van der Waals surface area (Å²) in [7, 11) is 0. The van der Waals surface area contributed by atoms with Crippen LogP contribution in [0.3, 0.4) is 0 Å². The lowest BCUT2D eigenvalue weighted by Gasteiger charge is -2.12. The standard InChI is InChI=1S/C11H15FO2/c1-8(13)11(14)7-4-9-2-5-10(12)6-3-9/h2-3,5-6,8,11,13-14H,4,7H2,1H3. The molecule has 3 heteroatoms. The Morgan fingerprint density at radius 3 is 2.29 bits per heavy atom. The Hall–Kier alpha value is -0.930. The second kappa shape index (κ2) is 5.08. The highest BCUT2D eigenvalue weighted by atomic mass is 19.1. The van der Waals surface area contributed by atoms with Gasteiger partial charge in [-0.15, -0.1) is 0 Å². The largest absolute Gasteiger partial charge is 0.391 e. The van der Waals surface area contributed by atoms with Gasteiger partial charge in [-0.2, -0.15) is 0 Å². The van der Waals surface area contributed by atoms with Crippen molar-refractivity contribution in [3.8, 4) is 0 Å². The molecule has 0 aliphatic heterocycles. The van der Waals surface area contributed by atoms with Crippen LogP contribution in [0, 0.1) is 5.82 Å². The summed E-state index contributed by atoms with van der Waals surface area (Å²) in [6.45, 7) is 1.55. The number of rotatable bonds is 4. The van der Waals surface area contributed by atoms with Gasteiger partial charge in [-0.25, -0.2) is 4.39 Å². The Balaban J connectivity index is 2.42. The number of aliphatic hydroxyl groups excluding tert-OH is 2. The summed E-state index contributed by atoms with van der Waals surface area (Å²) in [5.41, 5.74) is 0.964. The summed E-state index contributed by atoms with van der Waals surface area (Å²) < 4.78 is 12.5. The lowest BCUT2D eigenvalue weighted by molar-refractivity contribution is 0.0265. The zero-order chi connectivity index (χ0) is 10.6. The second-order valence-electron chi connectivity index (χ2n) is 3.47. The molecule has 2 nitrogen and oxygen atoms in total. The lowest BCUT2D eigenvalue weighted by atomic mass is 10.0. The number of halogens is 1. The van der Waals surface area contributed by atoms with Crippen LogP contribution in [0.4, 0.5) is 4.39 Å². The van der Waals surface area contributed by atoms with Gasteiger partial charge in [0.1, 0.15) is 5.82 Å². The molecular weight excluding hydrogens is 183 g/mol. The SMILES string of the molecule is CC(O)C(O)CCc1ccc(F)cc1. The van der Waals surface area contributed by atoms with E-state index in [0.717, 1.165) is 5.56 Å². The predicted octanol–water partition coefficient (Wildman–Crippen LogP) is 1.50. The van der Waals surface area contributed by atoms with E-state index in [-0.39, 0.29) is 5.82 Å². The number of aryl methyl sites for hydroxylation is 1. The van der Waals surface area contributed by atoms with Crippen molar-refractivity contribution in [1.82, 2.24) is 0 Å². The van der Waals surface area contributed by atoms with E-state index in [1.807, 2.05) is 0 Å². The third-order valence-electron chi connectivity index (χ3n) is 2.20. The first-order valence-corrected chi connectivity index (χ1v) is 4.70. The molecule has 0 spiro atoms. The van der Waals surface area contributed by atoms with E-state index in [1.54, 1.807) is 19.1 Å². The van der Waals surface area contributed by atoms with Gasteiger partial charge in [0.15, 0.2) is 0 Å². The Bertz CT molecular complexity index is 269. The van der Waals surface area contributed by atoms with Crippen molar-refractivity contribution in [1.29, 1.82) is 0 Å². The molecule has 0 radical (unpaired) electrons. The van der Waals surface area contributed by atoms with E-state index in [0.29, 0.717) is 12.8 Å². The van der Waals surface area contributed by atoms with E-state index in [9.17, 15) is 9.50 Å². The summed E-state index contributed by atoms with van der Waals surface area (Å²) in [6.07, 6.45) is -0.286. The van der Waals surface area contributed by atoms with Crippen molar-refractivity contribution in [2.45, 2.75) is 32.0 Å². The van der Waals surface area contributed by atoms with Crippen molar-refractivity contribution in [2.24, 2.45) is 0 Å². The van der Waals surface area contributed by atoms with E-state index < -0.39 is 12.2 Å². The molecular formula is C11H15FO2. The van der Waals surface area contributed by atoms with Crippen LogP contribution in [-0.4, -0.2) is 22.4 Å². The first kappa shape index (κ1) is 11.1. The Morgan fingerprint density at radius 1 is 1.21 bits per heavy atom. The molecule has 0 aromatic heterocycles. The van der Waals surface area contributed by atoms with Crippen molar-refractivity contribution in [3.05, 3.63) is 35.6 Å². The zero-order valence-electron chi connectivity index (χ0n) is 8.15. The fourth-order valence-electron chi connectivity index (χ4n) is 1.21. The van der Waals surface area contributed by atoms with Gasteiger partial charge in [-0.1, -0.05) is 12.1 Å². The molecule has 1 rings (SSSR count). The highest BCUT2D eigenvalue weighted by Crippen LogP contribution is 2.08. The van der Waals surface area contributed by atoms with E-state index in [4.69, 9.17) is 5.11 Å². The quantitative estimate of drug-likeness (QED) is 0.769. The highest BCUT2D eigenvalue weighted by Gasteiger charge is 2.10. The maximum atomic E-state index is 12.5. The van der Waals surface area contributed by atoms with Crippen LogP contribution in [0.25, 0.3) is 0 Å². The Morgan fingerprint density at radius 2 is 1.79 bits per heavy atom. The first-order valence-electron chi connectivity index (χ1n) is 4.70. The molecule has 0 aliphatic rings. The molecule has 0 saturated heterocycles. The van der Waals surface area contributed by atoms with Crippen LogP contribution in [0.2, 0.25) is 0 Å². The van der Waals surface area contributed by atoms with Gasteiger partial charge in [0.05, 0.1) is 12.2 Å². The van der Waals surface area contributed by atoms with Crippen molar-refractivity contribution in [2.75, 3.05) is 0 Å². The number of hydrogen-bond acceptors (Lipinski definition) is 2. The van der Waals surface area contributed by atoms with Gasteiger partial charge in [-0.3, -0.25) is 0 Å². The molecule has 0 aliphatic carbocycles. The third-order valence-corrected chi connectivity index (χ3v) is 2.20. The minimum absolute atomic E-state index is 0.259. The molecule has 2 unspecified atom stereocenters. The minimum atomic E-state index is -0.713. The summed E-state index contributed by atoms with van der Waals surface area (Å²) in [5.74, 6) is -0.259. The smallest absolute Gasteiger partial charge is 0.123 e. The Labute approximate surface area is 83.0 Å². The average Bonchev–Trinajstić information content (AvgIpc) is 2.16. The topological polar surface area (TPSA) is 40.5 Å². The van der Waals surface area contributed by atoms with Gasteiger partial charge in [0.25, 0.3) is 0 Å². The van der Waals surface area contributed by atoms with Crippen molar-refractivity contribution < 1.29 is 14.6 Å². The molecule has 0 fully saturated rings. The molecule has 78 valence electrons. The van der Waals surface area contributed by atoms with Gasteiger partial charge >= 0.3 is 0 Å². The van der Waals surface area contributed by atoms with Crippen molar-refractivity contribution in [3.63, 3.8) is 0 Å². The number of aliphatic hydroxyl groups is 2. The van der Waals surface area contributed by atoms with Crippen LogP contribution >= 0.6 is 0 Å². The van der Waals surface area contributed by atoms with E-state index >= 15 is 0 Å². The van der Waals surface area contributed by atoms with Crippen LogP contribution in [0.5, 0.6) is 0 Å². The Kier molecular flexibility index (Phi) is 4.04. The number of benzene rings is 1. The summed E-state index contributed by atoms with van der Waals surface area (Å²) >= 11 is 0. The molecule has 0 bridgehead atoms. The second-order valence-corrected chi connectivity index (χ2v) is 3.47. The van der Waals surface area contributed by atoms with Gasteiger partial charge in [0.2, 0.25) is 0 Å². The summed E-state index contributed by atoms with van der Waals surface area (Å²) in [4.78, 5) is 0. The van der Waals surface area contributed by atoms with Gasteiger partial charge in [0, 0.05) is 0 Å². The first-order chi connectivity index (χ1) is 6.59. The summed E-state index contributed by atoms with van der Waals surface area (Å²) in [6, 6.07) is 6.16. The molecule has 0 heterocycles. The fourth-order valence-corrected chi connectivity index (χ4v) is 1.21. The predicted molar refractivity (Wildman–Crippen MR) is 52.4 cm³/mol. The number of hydrogen-bond donors (Lipinski definition) is 2. The lowest BCUT2D eigenvalue weighted by Crippen LogP contribution is -2.22. The fraction of sp³-hybridized carbons (Fsp3) is 0.455. The summed E-state index contributed by atoms with van der Waals surface area (Å²) in [5, 5.41) is 18.4. The molecule has 0 saturated carbocycles. The van der Waals surface area contributed by atoms with E-state index in [1.165, 1.54) is 12.1 Å². The maximum Gasteiger partial charge on any atom is 0.123 e. The molecule has 1 aromatic carbocycles. The van der Waals surface area contributed by atoms with Crippen LogP contribution < -0.4 is 0 Å². The molecule has 1 aromatic rings. The monoisotopic (exact) mass is 198 g/mol. The molecule has 0 amide bonds. The van der Waals surface area contributed by atoms with E-state index in [2.05, 4.69) is 0 Å². The highest BCUT2D eigenvalue weighted by molar-refractivity contribution is 5.16. The normalized spacial score (nSPS) is 15.1. The van der Waals surface area contributed by atoms with Crippen molar-refractivity contribution >= 4 is 0 Å². The molecule has 2 atom stereocenters. The zero-order valence-corrected chi connectivity index (χ0v) is 8.15. The van der Waals surface area contributed by atoms with Gasteiger partial charge < -0.3 is 10.2 Å². The molecule has 2 N–H and O–H groups in total. The van der Waals surface area contributed by atoms with Crippen LogP contribution in [0.15, 0.2) is 24.3 Å². The molecule has 14 heavy (non-hydrogen) atoms. The van der Waals surface area contributed by atoms with Gasteiger partial charge in [-0.05, 0) is 37.5 Å². The maximum absolute atomic E-state index is 12.5. The van der Waals surface area contributed by atoms with Crippen LogP contribution in [0.1, 0.15) is 18.9 Å². The average molecular weight is 198 g/mol. The minimum Gasteiger partial charge on any atom is -0.391 e. The van der Waals surface area contributed by atoms with Crippen LogP contribution in [-0.2, 0) is 6.42 Å².